The van der Waals surface area contributed by atoms with E-state index in [0.717, 1.165) is 33.6 Å². The highest BCUT2D eigenvalue weighted by atomic mass is 16.7. The largest absolute Gasteiger partial charge is 0.507 e. The lowest BCUT2D eigenvalue weighted by Crippen LogP contribution is -2.61. The summed E-state index contributed by atoms with van der Waals surface area (Å²) in [6.07, 6.45) is -8.46. The second-order valence-corrected chi connectivity index (χ2v) is 11.0. The van der Waals surface area contributed by atoms with Crippen LogP contribution in [0.15, 0.2) is 12.1 Å². The summed E-state index contributed by atoms with van der Waals surface area (Å²) in [4.78, 5) is 13.5. The van der Waals surface area contributed by atoms with Crippen LogP contribution in [0.25, 0.3) is 0 Å². The van der Waals surface area contributed by atoms with Crippen LogP contribution < -0.4 is 14.2 Å². The highest BCUT2D eigenvalue weighted by Crippen LogP contribution is 2.38. The van der Waals surface area contributed by atoms with E-state index in [-0.39, 0.29) is 11.7 Å². The van der Waals surface area contributed by atoms with E-state index in [1.807, 2.05) is 41.7 Å². The number of phenolic OH excluding ortho intramolecular Hbond substituents is 1. The number of phenols is 1. The molecule has 0 bridgehead atoms. The van der Waals surface area contributed by atoms with Gasteiger partial charge >= 0.3 is 5.97 Å². The summed E-state index contributed by atoms with van der Waals surface area (Å²) in [7, 11) is 3.59. The molecule has 41 heavy (non-hydrogen) atoms. The predicted octanol–water partition coefficient (Wildman–Crippen LogP) is 2.54. The van der Waals surface area contributed by atoms with E-state index in [1.165, 1.54) is 0 Å². The van der Waals surface area contributed by atoms with Crippen LogP contribution in [0.1, 0.15) is 53.1 Å². The number of carboxylic acids is 1. The van der Waals surface area contributed by atoms with Crippen molar-refractivity contribution in [3.8, 4) is 23.0 Å². The fraction of sp³-hybridized carbons (Fsp3) is 0.567. The number of aliphatic carboxylic acids is 1. The van der Waals surface area contributed by atoms with Crippen LogP contribution in [0.3, 0.4) is 0 Å². The van der Waals surface area contributed by atoms with Crippen molar-refractivity contribution in [1.82, 2.24) is 4.90 Å². The van der Waals surface area contributed by atoms with Gasteiger partial charge in [-0.2, -0.15) is 0 Å². The van der Waals surface area contributed by atoms with Gasteiger partial charge in [0.25, 0.3) is 0 Å². The average molecular weight is 578 g/mol. The highest BCUT2D eigenvalue weighted by molar-refractivity contribution is 5.73. The molecule has 0 aromatic heterocycles. The van der Waals surface area contributed by atoms with Crippen LogP contribution in [-0.4, -0.2) is 94.4 Å². The van der Waals surface area contributed by atoms with Crippen LogP contribution in [0, 0.1) is 27.7 Å². The molecule has 0 amide bonds. The van der Waals surface area contributed by atoms with Gasteiger partial charge in [0.2, 0.25) is 6.29 Å². The molecule has 1 fully saturated rings. The first-order chi connectivity index (χ1) is 19.2. The predicted molar refractivity (Wildman–Crippen MR) is 151 cm³/mol. The molecule has 2 aromatic rings. The number of hydrogen-bond acceptors (Lipinski definition) is 10. The lowest BCUT2D eigenvalue weighted by Gasteiger charge is -2.38. The third-order valence-electron chi connectivity index (χ3n) is 7.69. The molecule has 5 atom stereocenters. The van der Waals surface area contributed by atoms with Gasteiger partial charge in [-0.05, 0) is 75.0 Å². The summed E-state index contributed by atoms with van der Waals surface area (Å²) < 4.78 is 22.9. The Balaban J connectivity index is 1.73. The molecule has 0 saturated carbocycles. The molecule has 11 heteroatoms. The van der Waals surface area contributed by atoms with Crippen LogP contribution in [-0.2, 0) is 16.1 Å². The fourth-order valence-electron chi connectivity index (χ4n) is 4.95. The molecule has 11 nitrogen and oxygen atoms in total. The van der Waals surface area contributed by atoms with E-state index in [2.05, 4.69) is 4.90 Å². The Morgan fingerprint density at radius 3 is 2.24 bits per heavy atom. The molecule has 1 aliphatic rings. The van der Waals surface area contributed by atoms with Gasteiger partial charge in [-0.15, -0.1) is 0 Å². The number of aryl methyl sites for hydroxylation is 1. The summed E-state index contributed by atoms with van der Waals surface area (Å²) in [6, 6.07) is 3.54. The molecule has 2 aromatic carbocycles. The van der Waals surface area contributed by atoms with Gasteiger partial charge in [-0.3, -0.25) is 4.90 Å². The summed E-state index contributed by atoms with van der Waals surface area (Å²) in [5.41, 5.74) is 4.89. The van der Waals surface area contributed by atoms with Crippen LogP contribution in [0.5, 0.6) is 23.0 Å². The quantitative estimate of drug-likeness (QED) is 0.267. The van der Waals surface area contributed by atoms with E-state index >= 15 is 0 Å². The Morgan fingerprint density at radius 2 is 1.66 bits per heavy atom. The van der Waals surface area contributed by atoms with E-state index < -0.39 is 36.7 Å². The number of aromatic hydroxyl groups is 1. The number of methoxy groups -OCH3 is 1. The van der Waals surface area contributed by atoms with Crippen molar-refractivity contribution in [3.63, 3.8) is 0 Å². The van der Waals surface area contributed by atoms with Gasteiger partial charge in [0.05, 0.1) is 7.11 Å². The van der Waals surface area contributed by atoms with Gasteiger partial charge in [0.15, 0.2) is 6.10 Å². The fourth-order valence-corrected chi connectivity index (χ4v) is 4.95. The average Bonchev–Trinajstić information content (AvgIpc) is 2.91. The van der Waals surface area contributed by atoms with Crippen LogP contribution >= 0.6 is 0 Å². The van der Waals surface area contributed by atoms with E-state index in [9.17, 15) is 30.3 Å². The Bertz CT molecular complexity index is 1250. The molecule has 1 saturated heterocycles. The lowest BCUT2D eigenvalue weighted by molar-refractivity contribution is -0.271. The summed E-state index contributed by atoms with van der Waals surface area (Å²) >= 11 is 0. The van der Waals surface area contributed by atoms with Gasteiger partial charge < -0.3 is 44.5 Å². The Kier molecular flexibility index (Phi) is 10.5. The van der Waals surface area contributed by atoms with Crippen molar-refractivity contribution in [3.05, 3.63) is 45.5 Å². The third-order valence-corrected chi connectivity index (χ3v) is 7.69. The Labute approximate surface area is 240 Å². The maximum Gasteiger partial charge on any atom is 0.335 e. The molecule has 5 N–H and O–H groups in total. The normalized spacial score (nSPS) is 22.7. The molecule has 0 spiro atoms. The number of likely N-dealkylation sites (N-methyl/N-ethyl adjacent to an activating group) is 1. The van der Waals surface area contributed by atoms with Crippen molar-refractivity contribution < 1.29 is 49.3 Å². The standard InChI is InChI=1S/C30H43NO10/c1-14(2)19-12-21(40-30-26(35)24(33)25(34)28(41-30)29(36)37)15(3)11-22(19)39-10-9-31(7)13-20-18(6)23(32)16(4)17(5)27(20)38-8/h11-12,14,24-26,28,30,32-35H,9-10,13H2,1-8H3,(H,36,37)/t24-,25-,26+,28-,30+/m0/s1. The summed E-state index contributed by atoms with van der Waals surface area (Å²) in [6.45, 7) is 13.0. The maximum absolute atomic E-state index is 11.4. The van der Waals surface area contributed by atoms with Crippen LogP contribution in [0.2, 0.25) is 0 Å². The molecule has 1 heterocycles. The molecule has 0 radical (unpaired) electrons. The van der Waals surface area contributed by atoms with Gasteiger partial charge in [0, 0.05) is 24.2 Å². The number of benzene rings is 2. The minimum Gasteiger partial charge on any atom is -0.507 e. The molecular formula is C30H43NO10. The number of rotatable bonds is 11. The van der Waals surface area contributed by atoms with Crippen molar-refractivity contribution in [2.24, 2.45) is 0 Å². The molecule has 3 rings (SSSR count). The van der Waals surface area contributed by atoms with Gasteiger partial charge in [-0.25, -0.2) is 4.79 Å². The number of carbonyl (C=O) groups is 1. The first-order valence-corrected chi connectivity index (χ1v) is 13.6. The van der Waals surface area contributed by atoms with Crippen molar-refractivity contribution >= 4 is 5.97 Å². The second-order valence-electron chi connectivity index (χ2n) is 11.0. The summed E-state index contributed by atoms with van der Waals surface area (Å²) in [5, 5.41) is 50.3. The van der Waals surface area contributed by atoms with E-state index in [1.54, 1.807) is 26.2 Å². The minimum absolute atomic E-state index is 0.0347. The number of carboxylic acid groups (broad SMARTS) is 1. The minimum atomic E-state index is -1.80. The molecule has 0 aliphatic carbocycles. The topological polar surface area (TPSA) is 158 Å². The Hall–Kier alpha value is -3.09. The number of aliphatic hydroxyl groups is 3. The van der Waals surface area contributed by atoms with Crippen molar-refractivity contribution in [2.45, 2.75) is 84.7 Å². The number of nitrogens with zero attached hydrogens (tertiary/aromatic N) is 1. The molecular weight excluding hydrogens is 534 g/mol. The van der Waals surface area contributed by atoms with E-state index in [0.29, 0.717) is 36.8 Å². The number of ether oxygens (including phenoxy) is 4. The zero-order valence-electron chi connectivity index (χ0n) is 25.0. The van der Waals surface area contributed by atoms with E-state index in [4.69, 9.17) is 18.9 Å². The SMILES string of the molecule is COc1c(C)c(C)c(O)c(C)c1CN(C)CCOc1cc(C)c(O[C@@H]2O[C@H](C(=O)O)[C@@H](O)[C@H](O)[C@H]2O)cc1C(C)C. The molecule has 0 unspecified atom stereocenters. The van der Waals surface area contributed by atoms with Crippen molar-refractivity contribution in [1.29, 1.82) is 0 Å². The zero-order chi connectivity index (χ0) is 30.8. The number of aliphatic hydroxyl groups excluding tert-OH is 3. The Morgan fingerprint density at radius 1 is 1.00 bits per heavy atom. The monoisotopic (exact) mass is 577 g/mol. The first-order valence-electron chi connectivity index (χ1n) is 13.6. The van der Waals surface area contributed by atoms with Gasteiger partial charge in [-0.1, -0.05) is 13.8 Å². The van der Waals surface area contributed by atoms with Crippen LogP contribution in [0.4, 0.5) is 0 Å². The van der Waals surface area contributed by atoms with Crippen molar-refractivity contribution in [2.75, 3.05) is 27.3 Å². The van der Waals surface area contributed by atoms with Gasteiger partial charge in [0.1, 0.15) is 47.9 Å². The maximum atomic E-state index is 11.4. The molecule has 228 valence electrons. The smallest absolute Gasteiger partial charge is 0.335 e. The second kappa shape index (κ2) is 13.3. The molecule has 1 aliphatic heterocycles. The lowest BCUT2D eigenvalue weighted by atomic mass is 9.97. The third kappa shape index (κ3) is 6.87. The highest BCUT2D eigenvalue weighted by Gasteiger charge is 2.48. The first kappa shape index (κ1) is 32.4. The zero-order valence-corrected chi connectivity index (χ0v) is 25.0. The number of hydrogen-bond donors (Lipinski definition) is 5. The summed E-state index contributed by atoms with van der Waals surface area (Å²) in [5.74, 6) is 0.577.